The number of fused-ring (bicyclic) bond motifs is 1. The van der Waals surface area contributed by atoms with Crippen molar-refractivity contribution in [1.82, 2.24) is 14.5 Å². The third-order valence-corrected chi connectivity index (χ3v) is 2.92. The average molecular weight is 255 g/mol. The van der Waals surface area contributed by atoms with Crippen molar-refractivity contribution in [2.45, 2.75) is 0 Å². The van der Waals surface area contributed by atoms with Crippen molar-refractivity contribution in [3.8, 4) is 11.8 Å². The second-order valence-electron chi connectivity index (χ2n) is 3.72. The SMILES string of the molecule is N#Cc1nccn1-c1ccnc2cc(Cl)ccc12. The molecule has 5 heteroatoms. The van der Waals surface area contributed by atoms with E-state index in [1.807, 2.05) is 12.1 Å². The Hall–Kier alpha value is -2.38. The quantitative estimate of drug-likeness (QED) is 0.671. The van der Waals surface area contributed by atoms with Gasteiger partial charge in [-0.1, -0.05) is 11.6 Å². The molecule has 0 N–H and O–H groups in total. The van der Waals surface area contributed by atoms with Crippen LogP contribution in [0.15, 0.2) is 42.9 Å². The fourth-order valence-corrected chi connectivity index (χ4v) is 2.06. The number of hydrogen-bond acceptors (Lipinski definition) is 3. The van der Waals surface area contributed by atoms with E-state index >= 15 is 0 Å². The number of pyridine rings is 1. The molecule has 0 atom stereocenters. The number of imidazole rings is 1. The molecule has 0 amide bonds. The molecule has 2 heterocycles. The first-order chi connectivity index (χ1) is 8.79. The molecule has 1 aromatic carbocycles. The van der Waals surface area contributed by atoms with E-state index in [9.17, 15) is 0 Å². The zero-order valence-corrected chi connectivity index (χ0v) is 9.96. The third kappa shape index (κ3) is 1.62. The summed E-state index contributed by atoms with van der Waals surface area (Å²) >= 11 is 5.94. The number of rotatable bonds is 1. The highest BCUT2D eigenvalue weighted by Gasteiger charge is 2.08. The summed E-state index contributed by atoms with van der Waals surface area (Å²) in [5.41, 5.74) is 1.66. The molecule has 0 bridgehead atoms. The summed E-state index contributed by atoms with van der Waals surface area (Å²) in [4.78, 5) is 8.26. The number of hydrogen-bond donors (Lipinski definition) is 0. The Kier molecular flexibility index (Phi) is 2.47. The van der Waals surface area contributed by atoms with Crippen molar-refractivity contribution in [2.24, 2.45) is 0 Å². The van der Waals surface area contributed by atoms with Crippen LogP contribution in [-0.4, -0.2) is 14.5 Å². The molecule has 3 aromatic rings. The van der Waals surface area contributed by atoms with Gasteiger partial charge in [-0.3, -0.25) is 9.55 Å². The Morgan fingerprint density at radius 1 is 1.17 bits per heavy atom. The van der Waals surface area contributed by atoms with Gasteiger partial charge >= 0.3 is 0 Å². The molecule has 0 unspecified atom stereocenters. The van der Waals surface area contributed by atoms with Crippen molar-refractivity contribution in [3.63, 3.8) is 0 Å². The van der Waals surface area contributed by atoms with Crippen LogP contribution in [0.2, 0.25) is 5.02 Å². The van der Waals surface area contributed by atoms with Gasteiger partial charge in [-0.15, -0.1) is 0 Å². The maximum Gasteiger partial charge on any atom is 0.217 e. The molecular formula is C13H7ClN4. The lowest BCUT2D eigenvalue weighted by Gasteiger charge is -2.07. The summed E-state index contributed by atoms with van der Waals surface area (Å²) in [6, 6.07) is 9.39. The lowest BCUT2D eigenvalue weighted by atomic mass is 10.2. The van der Waals surface area contributed by atoms with Crippen LogP contribution in [-0.2, 0) is 0 Å². The van der Waals surface area contributed by atoms with Gasteiger partial charge in [0, 0.05) is 29.0 Å². The van der Waals surface area contributed by atoms with Gasteiger partial charge in [-0.25, -0.2) is 4.98 Å². The number of nitriles is 1. The van der Waals surface area contributed by atoms with Crippen LogP contribution >= 0.6 is 11.6 Å². The fraction of sp³-hybridized carbons (Fsp3) is 0. The maximum atomic E-state index is 9.01. The van der Waals surface area contributed by atoms with Gasteiger partial charge in [-0.2, -0.15) is 5.26 Å². The van der Waals surface area contributed by atoms with Gasteiger partial charge in [0.15, 0.2) is 0 Å². The van der Waals surface area contributed by atoms with E-state index in [0.717, 1.165) is 16.6 Å². The second kappa shape index (κ2) is 4.13. The van der Waals surface area contributed by atoms with E-state index in [2.05, 4.69) is 16.0 Å². The van der Waals surface area contributed by atoms with Crippen LogP contribution in [0.25, 0.3) is 16.6 Å². The monoisotopic (exact) mass is 254 g/mol. The van der Waals surface area contributed by atoms with Crippen molar-refractivity contribution in [1.29, 1.82) is 5.26 Å². The lowest BCUT2D eigenvalue weighted by Crippen LogP contribution is -1.98. The maximum absolute atomic E-state index is 9.01. The molecule has 3 rings (SSSR count). The first-order valence-electron chi connectivity index (χ1n) is 5.27. The van der Waals surface area contributed by atoms with E-state index in [1.165, 1.54) is 0 Å². The smallest absolute Gasteiger partial charge is 0.217 e. The highest BCUT2D eigenvalue weighted by atomic mass is 35.5. The molecule has 0 spiro atoms. The molecule has 0 aliphatic rings. The van der Waals surface area contributed by atoms with Crippen LogP contribution in [0, 0.1) is 11.3 Å². The standard InChI is InChI=1S/C13H7ClN4/c14-9-1-2-10-11(7-9)16-4-3-12(10)18-6-5-17-13(18)8-15/h1-7H. The van der Waals surface area contributed by atoms with Gasteiger partial charge in [0.25, 0.3) is 0 Å². The first kappa shape index (κ1) is 10.8. The Balaban J connectivity index is 2.34. The third-order valence-electron chi connectivity index (χ3n) is 2.68. The zero-order chi connectivity index (χ0) is 12.5. The van der Waals surface area contributed by atoms with Crippen LogP contribution in [0.1, 0.15) is 5.82 Å². The molecule has 0 radical (unpaired) electrons. The zero-order valence-electron chi connectivity index (χ0n) is 9.21. The highest BCUT2D eigenvalue weighted by molar-refractivity contribution is 6.31. The van der Waals surface area contributed by atoms with Crippen molar-refractivity contribution in [2.75, 3.05) is 0 Å². The van der Waals surface area contributed by atoms with Crippen molar-refractivity contribution in [3.05, 3.63) is 53.7 Å². The second-order valence-corrected chi connectivity index (χ2v) is 4.16. The Labute approximate surface area is 108 Å². The fourth-order valence-electron chi connectivity index (χ4n) is 1.90. The molecule has 86 valence electrons. The van der Waals surface area contributed by atoms with E-state index in [0.29, 0.717) is 10.8 Å². The lowest BCUT2D eigenvalue weighted by molar-refractivity contribution is 1.03. The van der Waals surface area contributed by atoms with Gasteiger partial charge in [-0.05, 0) is 24.3 Å². The van der Waals surface area contributed by atoms with Crippen LogP contribution in [0.4, 0.5) is 0 Å². The topological polar surface area (TPSA) is 54.5 Å². The van der Waals surface area contributed by atoms with Gasteiger partial charge < -0.3 is 0 Å². The molecule has 0 aliphatic carbocycles. The molecule has 0 saturated heterocycles. The van der Waals surface area contributed by atoms with E-state index in [1.54, 1.807) is 35.3 Å². The predicted octanol–water partition coefficient (Wildman–Crippen LogP) is 2.95. The van der Waals surface area contributed by atoms with Gasteiger partial charge in [0.05, 0.1) is 11.2 Å². The minimum absolute atomic E-state index is 0.345. The van der Waals surface area contributed by atoms with E-state index in [-0.39, 0.29) is 0 Å². The molecule has 4 nitrogen and oxygen atoms in total. The van der Waals surface area contributed by atoms with Gasteiger partial charge in [0.2, 0.25) is 5.82 Å². The van der Waals surface area contributed by atoms with Crippen molar-refractivity contribution < 1.29 is 0 Å². The molecule has 18 heavy (non-hydrogen) atoms. The van der Waals surface area contributed by atoms with Gasteiger partial charge in [0.1, 0.15) is 6.07 Å². The summed E-state index contributed by atoms with van der Waals surface area (Å²) in [5, 5.41) is 10.6. The largest absolute Gasteiger partial charge is 0.291 e. The number of nitrogens with zero attached hydrogens (tertiary/aromatic N) is 4. The van der Waals surface area contributed by atoms with Crippen LogP contribution in [0.5, 0.6) is 0 Å². The van der Waals surface area contributed by atoms with Crippen LogP contribution in [0.3, 0.4) is 0 Å². The molecular weight excluding hydrogens is 248 g/mol. The molecule has 0 saturated carbocycles. The molecule has 2 aromatic heterocycles. The summed E-state index contributed by atoms with van der Waals surface area (Å²) in [5.74, 6) is 0.345. The number of aromatic nitrogens is 3. The summed E-state index contributed by atoms with van der Waals surface area (Å²) in [6.07, 6.45) is 5.04. The number of benzene rings is 1. The predicted molar refractivity (Wildman–Crippen MR) is 68.6 cm³/mol. The summed E-state index contributed by atoms with van der Waals surface area (Å²) < 4.78 is 1.73. The average Bonchev–Trinajstić information content (AvgIpc) is 2.85. The van der Waals surface area contributed by atoms with Crippen molar-refractivity contribution >= 4 is 22.5 Å². The minimum Gasteiger partial charge on any atom is -0.291 e. The highest BCUT2D eigenvalue weighted by Crippen LogP contribution is 2.24. The summed E-state index contributed by atoms with van der Waals surface area (Å²) in [6.45, 7) is 0. The Morgan fingerprint density at radius 3 is 2.89 bits per heavy atom. The Bertz CT molecular complexity index is 770. The minimum atomic E-state index is 0.345. The summed E-state index contributed by atoms with van der Waals surface area (Å²) in [7, 11) is 0. The molecule has 0 fully saturated rings. The Morgan fingerprint density at radius 2 is 2.06 bits per heavy atom. The number of halogens is 1. The molecule has 0 aliphatic heterocycles. The first-order valence-corrected chi connectivity index (χ1v) is 5.65. The van der Waals surface area contributed by atoms with E-state index in [4.69, 9.17) is 16.9 Å². The van der Waals surface area contributed by atoms with E-state index < -0.39 is 0 Å². The normalized spacial score (nSPS) is 10.4. The van der Waals surface area contributed by atoms with Crippen LogP contribution < -0.4 is 0 Å².